The number of piperazine rings is 1. The molecule has 0 radical (unpaired) electrons. The van der Waals surface area contributed by atoms with Crippen LogP contribution >= 0.6 is 0 Å². The Morgan fingerprint density at radius 1 is 1.25 bits per heavy atom. The smallest absolute Gasteiger partial charge is 0.239 e. The molecule has 1 unspecified atom stereocenters. The number of nitrogens with two attached hydrogens (primary N) is 1. The summed E-state index contributed by atoms with van der Waals surface area (Å²) in [5.74, 6) is 1.33. The Hall–Kier alpha value is -3.49. The first-order valence-corrected chi connectivity index (χ1v) is 9.13. The van der Waals surface area contributed by atoms with Crippen LogP contribution in [-0.2, 0) is 4.79 Å². The van der Waals surface area contributed by atoms with Gasteiger partial charge in [0.25, 0.3) is 0 Å². The van der Waals surface area contributed by atoms with Gasteiger partial charge in [0.1, 0.15) is 12.1 Å². The van der Waals surface area contributed by atoms with Gasteiger partial charge in [-0.2, -0.15) is 4.98 Å². The molecule has 3 aromatic rings. The van der Waals surface area contributed by atoms with Crippen LogP contribution in [0.1, 0.15) is 24.1 Å². The molecule has 0 spiro atoms. The molecule has 4 N–H and O–H groups in total. The number of fused-ring (bicyclic) bond motifs is 1. The number of aromatic nitrogens is 4. The second kappa shape index (κ2) is 7.26. The Morgan fingerprint density at radius 3 is 2.89 bits per heavy atom. The number of benzene rings is 1. The summed E-state index contributed by atoms with van der Waals surface area (Å²) in [5.41, 5.74) is 8.68. The molecule has 9 heteroatoms. The fraction of sp³-hybridized carbons (Fsp3) is 0.316. The number of pyridine rings is 1. The Labute approximate surface area is 162 Å². The number of amides is 1. The summed E-state index contributed by atoms with van der Waals surface area (Å²) in [4.78, 5) is 30.9. The van der Waals surface area contributed by atoms with Gasteiger partial charge in [-0.25, -0.2) is 15.0 Å². The van der Waals surface area contributed by atoms with Crippen LogP contribution in [0.5, 0.6) is 0 Å². The summed E-state index contributed by atoms with van der Waals surface area (Å²) in [5, 5.41) is 7.16. The second-order valence-corrected chi connectivity index (χ2v) is 6.90. The van der Waals surface area contributed by atoms with Crippen molar-refractivity contribution in [1.29, 1.82) is 0 Å². The minimum atomic E-state index is -0.154. The summed E-state index contributed by atoms with van der Waals surface area (Å²) in [6.45, 7) is 5.64. The molecule has 1 saturated heterocycles. The normalized spacial score (nSPS) is 15.4. The molecule has 1 aliphatic heterocycles. The zero-order valence-corrected chi connectivity index (χ0v) is 15.8. The van der Waals surface area contributed by atoms with Crippen LogP contribution in [0.4, 0.5) is 17.7 Å². The van der Waals surface area contributed by atoms with E-state index in [1.54, 1.807) is 0 Å². The van der Waals surface area contributed by atoms with Crippen molar-refractivity contribution >= 4 is 34.5 Å². The molecule has 1 fully saturated rings. The first-order chi connectivity index (χ1) is 13.5. The summed E-state index contributed by atoms with van der Waals surface area (Å²) in [6.07, 6.45) is 1.37. The molecule has 28 heavy (non-hydrogen) atoms. The minimum absolute atomic E-state index is 0.00569. The van der Waals surface area contributed by atoms with E-state index in [9.17, 15) is 4.79 Å². The van der Waals surface area contributed by atoms with E-state index in [4.69, 9.17) is 10.7 Å². The van der Waals surface area contributed by atoms with Crippen LogP contribution in [-0.4, -0.2) is 45.5 Å². The van der Waals surface area contributed by atoms with Gasteiger partial charge in [0.15, 0.2) is 0 Å². The summed E-state index contributed by atoms with van der Waals surface area (Å²) in [6, 6.07) is 8.11. The van der Waals surface area contributed by atoms with E-state index >= 15 is 0 Å². The summed E-state index contributed by atoms with van der Waals surface area (Å²) >= 11 is 0. The highest BCUT2D eigenvalue weighted by atomic mass is 16.2. The molecule has 0 aliphatic carbocycles. The first kappa shape index (κ1) is 17.9. The lowest BCUT2D eigenvalue weighted by molar-refractivity contribution is -0.120. The molecule has 2 aromatic heterocycles. The lowest BCUT2D eigenvalue weighted by Gasteiger charge is -2.31. The van der Waals surface area contributed by atoms with E-state index in [0.29, 0.717) is 19.0 Å². The molecule has 1 amide bonds. The number of hydrogen-bond acceptors (Lipinski definition) is 8. The predicted molar refractivity (Wildman–Crippen MR) is 108 cm³/mol. The van der Waals surface area contributed by atoms with Gasteiger partial charge < -0.3 is 21.3 Å². The molecule has 1 atom stereocenters. The van der Waals surface area contributed by atoms with Gasteiger partial charge in [0.05, 0.1) is 18.1 Å². The van der Waals surface area contributed by atoms with Crippen molar-refractivity contribution in [1.82, 2.24) is 25.3 Å². The van der Waals surface area contributed by atoms with Gasteiger partial charge in [-0.15, -0.1) is 0 Å². The number of carbonyl (C=O) groups is 1. The molecule has 3 heterocycles. The summed E-state index contributed by atoms with van der Waals surface area (Å²) < 4.78 is 0. The standard InChI is InChI=1S/C19H22N8O/c1-11-3-4-15-13(7-11)8-14(12(2)24-19-23-10-22-18(20)26-19)17(25-15)27-6-5-21-16(28)9-27/h3-4,7-8,10,12H,5-6,9H2,1-2H3,(H,21,28)(H3,20,22,23,24,26). The number of anilines is 3. The number of nitrogen functional groups attached to an aromatic ring is 1. The topological polar surface area (TPSA) is 122 Å². The van der Waals surface area contributed by atoms with Crippen molar-refractivity contribution in [3.63, 3.8) is 0 Å². The van der Waals surface area contributed by atoms with Gasteiger partial charge >= 0.3 is 0 Å². The Balaban J connectivity index is 1.76. The monoisotopic (exact) mass is 378 g/mol. The van der Waals surface area contributed by atoms with Crippen molar-refractivity contribution in [3.05, 3.63) is 41.7 Å². The van der Waals surface area contributed by atoms with E-state index < -0.39 is 0 Å². The molecule has 144 valence electrons. The number of nitrogens with zero attached hydrogens (tertiary/aromatic N) is 5. The van der Waals surface area contributed by atoms with Crippen LogP contribution < -0.4 is 21.3 Å². The third-order valence-electron chi connectivity index (χ3n) is 4.72. The largest absolute Gasteiger partial charge is 0.368 e. The molecule has 0 bridgehead atoms. The van der Waals surface area contributed by atoms with Crippen molar-refractivity contribution in [2.45, 2.75) is 19.9 Å². The van der Waals surface area contributed by atoms with E-state index in [-0.39, 0.29) is 24.4 Å². The zero-order valence-electron chi connectivity index (χ0n) is 15.8. The van der Waals surface area contributed by atoms with E-state index in [0.717, 1.165) is 27.8 Å². The van der Waals surface area contributed by atoms with Gasteiger partial charge in [-0.3, -0.25) is 4.79 Å². The highest BCUT2D eigenvalue weighted by Crippen LogP contribution is 2.30. The fourth-order valence-corrected chi connectivity index (χ4v) is 3.34. The zero-order chi connectivity index (χ0) is 19.7. The molecule has 4 rings (SSSR count). The van der Waals surface area contributed by atoms with Gasteiger partial charge in [-0.1, -0.05) is 11.6 Å². The second-order valence-electron chi connectivity index (χ2n) is 6.90. The van der Waals surface area contributed by atoms with Crippen molar-refractivity contribution < 1.29 is 4.79 Å². The number of rotatable bonds is 4. The third-order valence-corrected chi connectivity index (χ3v) is 4.72. The highest BCUT2D eigenvalue weighted by molar-refractivity contribution is 5.86. The Bertz CT molecular complexity index is 1040. The van der Waals surface area contributed by atoms with Crippen LogP contribution in [0.3, 0.4) is 0 Å². The van der Waals surface area contributed by atoms with Crippen molar-refractivity contribution in [3.8, 4) is 0 Å². The van der Waals surface area contributed by atoms with Crippen LogP contribution in [0, 0.1) is 6.92 Å². The summed E-state index contributed by atoms with van der Waals surface area (Å²) in [7, 11) is 0. The van der Waals surface area contributed by atoms with E-state index in [2.05, 4.69) is 44.6 Å². The van der Waals surface area contributed by atoms with E-state index in [1.807, 2.05) is 24.0 Å². The molecule has 1 aromatic carbocycles. The van der Waals surface area contributed by atoms with Crippen LogP contribution in [0.25, 0.3) is 10.9 Å². The molecule has 9 nitrogen and oxygen atoms in total. The molecule has 0 saturated carbocycles. The predicted octanol–water partition coefficient (Wildman–Crippen LogP) is 1.42. The van der Waals surface area contributed by atoms with Gasteiger partial charge in [0.2, 0.25) is 17.8 Å². The Morgan fingerprint density at radius 2 is 2.11 bits per heavy atom. The van der Waals surface area contributed by atoms with Crippen LogP contribution in [0.2, 0.25) is 0 Å². The van der Waals surface area contributed by atoms with Crippen molar-refractivity contribution in [2.75, 3.05) is 35.6 Å². The molecular weight excluding hydrogens is 356 g/mol. The maximum Gasteiger partial charge on any atom is 0.239 e. The van der Waals surface area contributed by atoms with Crippen molar-refractivity contribution in [2.24, 2.45) is 0 Å². The average Bonchev–Trinajstić information content (AvgIpc) is 2.67. The third kappa shape index (κ3) is 3.64. The number of carbonyl (C=O) groups excluding carboxylic acids is 1. The van der Waals surface area contributed by atoms with Gasteiger partial charge in [0, 0.05) is 24.0 Å². The quantitative estimate of drug-likeness (QED) is 0.623. The average molecular weight is 378 g/mol. The van der Waals surface area contributed by atoms with E-state index in [1.165, 1.54) is 6.33 Å². The SMILES string of the molecule is Cc1ccc2nc(N3CCNC(=O)C3)c(C(C)Nc3ncnc(N)n3)cc2c1. The maximum absolute atomic E-state index is 11.9. The molecular formula is C19H22N8O. The number of nitrogens with one attached hydrogen (secondary N) is 2. The fourth-order valence-electron chi connectivity index (χ4n) is 3.34. The Kier molecular flexibility index (Phi) is 4.64. The lowest BCUT2D eigenvalue weighted by atomic mass is 10.0. The minimum Gasteiger partial charge on any atom is -0.368 e. The highest BCUT2D eigenvalue weighted by Gasteiger charge is 2.23. The maximum atomic E-state index is 11.9. The van der Waals surface area contributed by atoms with Gasteiger partial charge in [-0.05, 0) is 32.0 Å². The number of hydrogen-bond donors (Lipinski definition) is 3. The number of aryl methyl sites for hydroxylation is 1. The molecule has 1 aliphatic rings. The lowest BCUT2D eigenvalue weighted by Crippen LogP contribution is -2.48. The van der Waals surface area contributed by atoms with Crippen LogP contribution in [0.15, 0.2) is 30.6 Å². The first-order valence-electron chi connectivity index (χ1n) is 9.13.